The fourth-order valence-corrected chi connectivity index (χ4v) is 2.15. The van der Waals surface area contributed by atoms with Crippen molar-refractivity contribution in [2.75, 3.05) is 6.61 Å². The van der Waals surface area contributed by atoms with Crippen molar-refractivity contribution in [1.82, 2.24) is 0 Å². The quantitative estimate of drug-likeness (QED) is 0.345. The van der Waals surface area contributed by atoms with Crippen molar-refractivity contribution in [2.45, 2.75) is 12.8 Å². The molecule has 0 aliphatic carbocycles. The normalized spacial score (nSPS) is 23.2. The molecule has 17 heavy (non-hydrogen) atoms. The summed E-state index contributed by atoms with van der Waals surface area (Å²) in [6, 6.07) is 8.85. The number of carbonyl (C=O) groups is 2. The van der Waals surface area contributed by atoms with Crippen LogP contribution in [0.3, 0.4) is 0 Å². The van der Waals surface area contributed by atoms with Crippen LogP contribution in [0.4, 0.5) is 0 Å². The second-order valence-corrected chi connectivity index (χ2v) is 4.16. The summed E-state index contributed by atoms with van der Waals surface area (Å²) in [7, 11) is 0. The van der Waals surface area contributed by atoms with E-state index >= 15 is 0 Å². The van der Waals surface area contributed by atoms with E-state index in [1.54, 1.807) is 30.3 Å². The number of hydrogen-bond donors (Lipinski definition) is 0. The average Bonchev–Trinajstić information content (AvgIpc) is 2.73. The zero-order chi connectivity index (χ0) is 12.3. The molecule has 88 valence electrons. The van der Waals surface area contributed by atoms with Gasteiger partial charge in [0.05, 0.1) is 6.61 Å². The number of ether oxygens (including phenoxy) is 1. The van der Waals surface area contributed by atoms with Gasteiger partial charge < -0.3 is 4.74 Å². The Morgan fingerprint density at radius 1 is 1.41 bits per heavy atom. The Kier molecular flexibility index (Phi) is 3.09. The van der Waals surface area contributed by atoms with E-state index < -0.39 is 11.4 Å². The molecular weight excluding hydrogens is 216 g/mol. The maximum absolute atomic E-state index is 12.4. The van der Waals surface area contributed by atoms with Crippen LogP contribution in [-0.4, -0.2) is 18.4 Å². The number of esters is 1. The molecule has 1 fully saturated rings. The lowest BCUT2D eigenvalue weighted by atomic mass is 9.76. The van der Waals surface area contributed by atoms with Crippen LogP contribution in [0.15, 0.2) is 43.0 Å². The number of carbonyl (C=O) groups excluding carboxylic acids is 2. The second-order valence-electron chi connectivity index (χ2n) is 4.16. The van der Waals surface area contributed by atoms with Gasteiger partial charge in [-0.1, -0.05) is 36.4 Å². The van der Waals surface area contributed by atoms with Gasteiger partial charge in [-0.05, 0) is 6.42 Å². The van der Waals surface area contributed by atoms with Gasteiger partial charge in [0.2, 0.25) is 0 Å². The van der Waals surface area contributed by atoms with Gasteiger partial charge in [-0.25, -0.2) is 0 Å². The summed E-state index contributed by atoms with van der Waals surface area (Å²) in [4.78, 5) is 24.2. The van der Waals surface area contributed by atoms with Gasteiger partial charge in [-0.3, -0.25) is 9.59 Å². The van der Waals surface area contributed by atoms with E-state index in [9.17, 15) is 9.59 Å². The van der Waals surface area contributed by atoms with E-state index in [1.165, 1.54) is 0 Å². The van der Waals surface area contributed by atoms with Crippen LogP contribution in [0.25, 0.3) is 0 Å². The molecule has 1 unspecified atom stereocenters. The molecule has 0 saturated carbocycles. The third-order valence-corrected chi connectivity index (χ3v) is 3.12. The standard InChI is InChI=1S/C14H14O3/c1-2-8-14(9-10-17-13(14)16)12(15)11-6-4-3-5-7-11/h2-7H,1,8-10H2. The van der Waals surface area contributed by atoms with Crippen molar-refractivity contribution in [2.24, 2.45) is 5.41 Å². The number of ketones is 1. The van der Waals surface area contributed by atoms with Crippen molar-refractivity contribution < 1.29 is 14.3 Å². The topological polar surface area (TPSA) is 43.4 Å². The molecule has 1 aromatic carbocycles. The van der Waals surface area contributed by atoms with Crippen LogP contribution in [0.5, 0.6) is 0 Å². The second kappa shape index (κ2) is 4.53. The van der Waals surface area contributed by atoms with Gasteiger partial charge in [0.15, 0.2) is 5.78 Å². The molecule has 0 N–H and O–H groups in total. The first-order valence-electron chi connectivity index (χ1n) is 5.59. The van der Waals surface area contributed by atoms with Crippen LogP contribution in [-0.2, 0) is 9.53 Å². The average molecular weight is 230 g/mol. The Morgan fingerprint density at radius 2 is 2.12 bits per heavy atom. The maximum Gasteiger partial charge on any atom is 0.320 e. The molecular formula is C14H14O3. The minimum atomic E-state index is -1.05. The number of cyclic esters (lactones) is 1. The number of rotatable bonds is 4. The van der Waals surface area contributed by atoms with Gasteiger partial charge in [0.1, 0.15) is 5.41 Å². The molecule has 3 heteroatoms. The van der Waals surface area contributed by atoms with Gasteiger partial charge in [-0.2, -0.15) is 0 Å². The largest absolute Gasteiger partial charge is 0.465 e. The summed E-state index contributed by atoms with van der Waals surface area (Å²) >= 11 is 0. The van der Waals surface area contributed by atoms with E-state index in [2.05, 4.69) is 6.58 Å². The summed E-state index contributed by atoms with van der Waals surface area (Å²) < 4.78 is 4.96. The highest BCUT2D eigenvalue weighted by molar-refractivity contribution is 6.13. The monoisotopic (exact) mass is 230 g/mol. The summed E-state index contributed by atoms with van der Waals surface area (Å²) in [5.74, 6) is -0.591. The molecule has 1 aromatic rings. The smallest absolute Gasteiger partial charge is 0.320 e. The van der Waals surface area contributed by atoms with Crippen molar-refractivity contribution >= 4 is 11.8 Å². The van der Waals surface area contributed by atoms with Crippen LogP contribution in [0.1, 0.15) is 23.2 Å². The maximum atomic E-state index is 12.4. The number of Topliss-reactive ketones (excluding diaryl/α,β-unsaturated/α-hetero) is 1. The Balaban J connectivity index is 2.38. The van der Waals surface area contributed by atoms with E-state index in [0.717, 1.165) is 0 Å². The number of allylic oxidation sites excluding steroid dienone is 1. The highest BCUT2D eigenvalue weighted by Crippen LogP contribution is 2.37. The zero-order valence-corrected chi connectivity index (χ0v) is 9.52. The Morgan fingerprint density at radius 3 is 2.65 bits per heavy atom. The van der Waals surface area contributed by atoms with Crippen molar-refractivity contribution in [3.63, 3.8) is 0 Å². The van der Waals surface area contributed by atoms with Crippen LogP contribution in [0.2, 0.25) is 0 Å². The van der Waals surface area contributed by atoms with Crippen LogP contribution in [0, 0.1) is 5.41 Å². The highest BCUT2D eigenvalue weighted by Gasteiger charge is 2.50. The Hall–Kier alpha value is -1.90. The van der Waals surface area contributed by atoms with E-state index in [-0.39, 0.29) is 5.78 Å². The Bertz CT molecular complexity index is 450. The van der Waals surface area contributed by atoms with Gasteiger partial charge in [0, 0.05) is 12.0 Å². The third kappa shape index (κ3) is 1.88. The lowest BCUT2D eigenvalue weighted by molar-refractivity contribution is -0.144. The molecule has 3 nitrogen and oxygen atoms in total. The summed E-state index contributed by atoms with van der Waals surface area (Å²) in [5, 5.41) is 0. The van der Waals surface area contributed by atoms with Gasteiger partial charge >= 0.3 is 5.97 Å². The first-order chi connectivity index (χ1) is 8.20. The number of hydrogen-bond acceptors (Lipinski definition) is 3. The van der Waals surface area contributed by atoms with Crippen molar-refractivity contribution in [3.8, 4) is 0 Å². The van der Waals surface area contributed by atoms with E-state index in [1.807, 2.05) is 6.07 Å². The fourth-order valence-electron chi connectivity index (χ4n) is 2.15. The molecule has 0 amide bonds. The van der Waals surface area contributed by atoms with Crippen molar-refractivity contribution in [1.29, 1.82) is 0 Å². The first kappa shape index (κ1) is 11.6. The predicted molar refractivity (Wildman–Crippen MR) is 63.6 cm³/mol. The lowest BCUT2D eigenvalue weighted by Gasteiger charge is -2.21. The molecule has 0 bridgehead atoms. The zero-order valence-electron chi connectivity index (χ0n) is 9.52. The number of benzene rings is 1. The SMILES string of the molecule is C=CCC1(C(=O)c2ccccc2)CCOC1=O. The molecule has 1 atom stereocenters. The minimum absolute atomic E-state index is 0.166. The molecule has 2 rings (SSSR count). The third-order valence-electron chi connectivity index (χ3n) is 3.12. The van der Waals surface area contributed by atoms with Crippen molar-refractivity contribution in [3.05, 3.63) is 48.6 Å². The molecule has 1 heterocycles. The molecule has 1 aliphatic heterocycles. The summed E-state index contributed by atoms with van der Waals surface area (Å²) in [6.07, 6.45) is 2.37. The van der Waals surface area contributed by atoms with Gasteiger partial charge in [0.25, 0.3) is 0 Å². The Labute approximate surface area is 100 Å². The van der Waals surface area contributed by atoms with Gasteiger partial charge in [-0.15, -0.1) is 6.58 Å². The first-order valence-corrected chi connectivity index (χ1v) is 5.59. The predicted octanol–water partition coefficient (Wildman–Crippen LogP) is 2.38. The van der Waals surface area contributed by atoms with E-state index in [4.69, 9.17) is 4.74 Å². The fraction of sp³-hybridized carbons (Fsp3) is 0.286. The van der Waals surface area contributed by atoms with Crippen LogP contribution < -0.4 is 0 Å². The molecule has 0 spiro atoms. The lowest BCUT2D eigenvalue weighted by Crippen LogP contribution is -2.35. The summed E-state index contributed by atoms with van der Waals surface area (Å²) in [5.41, 5.74) is -0.503. The molecule has 1 saturated heterocycles. The summed E-state index contributed by atoms with van der Waals surface area (Å²) in [6.45, 7) is 3.93. The van der Waals surface area contributed by atoms with Crippen LogP contribution >= 0.6 is 0 Å². The highest BCUT2D eigenvalue weighted by atomic mass is 16.5. The molecule has 0 radical (unpaired) electrons. The molecule has 1 aliphatic rings. The molecule has 0 aromatic heterocycles. The van der Waals surface area contributed by atoms with E-state index in [0.29, 0.717) is 25.0 Å². The minimum Gasteiger partial charge on any atom is -0.465 e.